The van der Waals surface area contributed by atoms with Crippen molar-refractivity contribution in [2.45, 2.75) is 9.24 Å². The SMILES string of the molecule is O=C1NC(=O)C(=Cc2ccc(Sc3nc4ccccc4s3)c([N+](=O)[O-])c2)C(=O)N1. The highest BCUT2D eigenvalue weighted by molar-refractivity contribution is 8.01. The van der Waals surface area contributed by atoms with Gasteiger partial charge in [0.15, 0.2) is 4.34 Å². The van der Waals surface area contributed by atoms with Crippen LogP contribution in [0, 0.1) is 10.1 Å². The van der Waals surface area contributed by atoms with E-state index in [0.717, 1.165) is 10.2 Å². The first kappa shape index (κ1) is 18.8. The summed E-state index contributed by atoms with van der Waals surface area (Å²) < 4.78 is 1.63. The minimum atomic E-state index is -0.911. The van der Waals surface area contributed by atoms with Crippen LogP contribution in [0.25, 0.3) is 16.3 Å². The van der Waals surface area contributed by atoms with Gasteiger partial charge in [0.05, 0.1) is 20.0 Å². The van der Waals surface area contributed by atoms with E-state index in [-0.39, 0.29) is 16.8 Å². The van der Waals surface area contributed by atoms with Gasteiger partial charge in [-0.2, -0.15) is 0 Å². The van der Waals surface area contributed by atoms with Crippen molar-refractivity contribution in [2.24, 2.45) is 0 Å². The van der Waals surface area contributed by atoms with Gasteiger partial charge in [0.25, 0.3) is 17.5 Å². The molecule has 9 nitrogen and oxygen atoms in total. The molecule has 0 aliphatic carbocycles. The van der Waals surface area contributed by atoms with Gasteiger partial charge in [-0.3, -0.25) is 30.3 Å². The number of fused-ring (bicyclic) bond motifs is 1. The van der Waals surface area contributed by atoms with Crippen molar-refractivity contribution in [1.82, 2.24) is 15.6 Å². The van der Waals surface area contributed by atoms with Crippen LogP contribution < -0.4 is 10.6 Å². The number of carbonyl (C=O) groups excluding carboxylic acids is 3. The molecular weight excluding hydrogens is 416 g/mol. The van der Waals surface area contributed by atoms with Gasteiger partial charge in [-0.25, -0.2) is 9.78 Å². The molecule has 1 aliphatic rings. The van der Waals surface area contributed by atoms with Crippen LogP contribution in [-0.2, 0) is 9.59 Å². The number of thiazole rings is 1. The summed E-state index contributed by atoms with van der Waals surface area (Å²) in [7, 11) is 0. The van der Waals surface area contributed by atoms with Crippen LogP contribution in [0.15, 0.2) is 57.3 Å². The molecule has 2 aromatic carbocycles. The number of benzene rings is 2. The van der Waals surface area contributed by atoms with Gasteiger partial charge in [-0.1, -0.05) is 30.0 Å². The number of urea groups is 1. The molecule has 0 atom stereocenters. The molecule has 29 heavy (non-hydrogen) atoms. The number of barbiturate groups is 1. The summed E-state index contributed by atoms with van der Waals surface area (Å²) in [6, 6.07) is 11.0. The Balaban J connectivity index is 1.67. The van der Waals surface area contributed by atoms with E-state index in [9.17, 15) is 24.5 Å². The molecule has 4 rings (SSSR count). The Morgan fingerprint density at radius 2 is 1.79 bits per heavy atom. The Hall–Kier alpha value is -3.57. The summed E-state index contributed by atoms with van der Waals surface area (Å²) in [4.78, 5) is 50.6. The molecule has 2 N–H and O–H groups in total. The van der Waals surface area contributed by atoms with Gasteiger partial charge < -0.3 is 0 Å². The predicted molar refractivity (Wildman–Crippen MR) is 106 cm³/mol. The first-order chi connectivity index (χ1) is 13.9. The van der Waals surface area contributed by atoms with Gasteiger partial charge in [0.1, 0.15) is 5.57 Å². The largest absolute Gasteiger partial charge is 0.328 e. The van der Waals surface area contributed by atoms with E-state index in [0.29, 0.717) is 9.24 Å². The van der Waals surface area contributed by atoms with Crippen LogP contribution >= 0.6 is 23.1 Å². The van der Waals surface area contributed by atoms with Crippen molar-refractivity contribution in [3.63, 3.8) is 0 Å². The Bertz CT molecular complexity index is 1180. The molecule has 144 valence electrons. The van der Waals surface area contributed by atoms with Crippen molar-refractivity contribution in [2.75, 3.05) is 0 Å². The predicted octanol–water partition coefficient (Wildman–Crippen LogP) is 3.11. The first-order valence-corrected chi connectivity index (χ1v) is 9.74. The number of amides is 4. The number of imide groups is 2. The van der Waals surface area contributed by atoms with Crippen molar-refractivity contribution in [3.05, 3.63) is 63.7 Å². The topological polar surface area (TPSA) is 131 Å². The van der Waals surface area contributed by atoms with E-state index in [2.05, 4.69) is 4.98 Å². The molecule has 0 unspecified atom stereocenters. The molecule has 1 aromatic heterocycles. The van der Waals surface area contributed by atoms with Crippen LogP contribution in [-0.4, -0.2) is 27.8 Å². The maximum Gasteiger partial charge on any atom is 0.328 e. The lowest BCUT2D eigenvalue weighted by Gasteiger charge is -2.13. The molecule has 3 aromatic rings. The molecular formula is C18H10N4O5S2. The first-order valence-electron chi connectivity index (χ1n) is 8.11. The molecule has 0 bridgehead atoms. The summed E-state index contributed by atoms with van der Waals surface area (Å²) in [5.41, 5.74) is 0.592. The third-order valence-corrected chi connectivity index (χ3v) is 6.07. The lowest BCUT2D eigenvalue weighted by molar-refractivity contribution is -0.387. The summed E-state index contributed by atoms with van der Waals surface area (Å²) in [5.74, 6) is -1.73. The van der Waals surface area contributed by atoms with Crippen molar-refractivity contribution in [1.29, 1.82) is 0 Å². The Kier molecular flexibility index (Phi) is 4.82. The lowest BCUT2D eigenvalue weighted by atomic mass is 10.1. The highest BCUT2D eigenvalue weighted by atomic mass is 32.2. The number of para-hydroxylation sites is 1. The van der Waals surface area contributed by atoms with Gasteiger partial charge >= 0.3 is 6.03 Å². The number of rotatable bonds is 4. The fourth-order valence-electron chi connectivity index (χ4n) is 2.61. The van der Waals surface area contributed by atoms with Crippen molar-refractivity contribution in [3.8, 4) is 0 Å². The van der Waals surface area contributed by atoms with Gasteiger partial charge in [-0.05, 0) is 29.8 Å². The molecule has 4 amide bonds. The number of nitro groups is 1. The Morgan fingerprint density at radius 3 is 2.48 bits per heavy atom. The highest BCUT2D eigenvalue weighted by Gasteiger charge is 2.28. The second-order valence-corrected chi connectivity index (χ2v) is 8.15. The van der Waals surface area contributed by atoms with E-state index in [1.807, 2.05) is 34.9 Å². The maximum atomic E-state index is 11.8. The van der Waals surface area contributed by atoms with E-state index < -0.39 is 22.8 Å². The van der Waals surface area contributed by atoms with E-state index in [1.54, 1.807) is 6.07 Å². The second kappa shape index (κ2) is 7.45. The molecule has 1 aliphatic heterocycles. The van der Waals surface area contributed by atoms with Crippen LogP contribution in [0.3, 0.4) is 0 Å². The number of hydrogen-bond donors (Lipinski definition) is 2. The molecule has 0 saturated carbocycles. The number of aromatic nitrogens is 1. The summed E-state index contributed by atoms with van der Waals surface area (Å²) >= 11 is 2.59. The van der Waals surface area contributed by atoms with E-state index in [1.165, 1.54) is 41.3 Å². The Labute approximate surface area is 171 Å². The summed E-state index contributed by atoms with van der Waals surface area (Å²) in [6.45, 7) is 0. The number of hydrogen-bond acceptors (Lipinski definition) is 8. The van der Waals surface area contributed by atoms with Crippen LogP contribution in [0.4, 0.5) is 10.5 Å². The quantitative estimate of drug-likeness (QED) is 0.284. The fourth-order valence-corrected chi connectivity index (χ4v) is 4.72. The van der Waals surface area contributed by atoms with E-state index in [4.69, 9.17) is 0 Å². The van der Waals surface area contributed by atoms with Crippen LogP contribution in [0.2, 0.25) is 0 Å². The summed E-state index contributed by atoms with van der Waals surface area (Å²) in [6.07, 6.45) is 1.19. The third-order valence-electron chi connectivity index (χ3n) is 3.91. The zero-order valence-corrected chi connectivity index (χ0v) is 16.0. The Morgan fingerprint density at radius 1 is 1.07 bits per heavy atom. The average molecular weight is 426 g/mol. The standard InChI is InChI=1S/C18H10N4O5S2/c23-15-10(16(24)21-17(25)20-15)7-9-5-6-14(12(8-9)22(26)27)29-18-19-11-3-1-2-4-13(11)28-18/h1-8H,(H2,20,21,23,24,25). The fraction of sp³-hybridized carbons (Fsp3) is 0. The summed E-state index contributed by atoms with van der Waals surface area (Å²) in [5, 5.41) is 15.5. The number of nitrogens with one attached hydrogen (secondary N) is 2. The van der Waals surface area contributed by atoms with Crippen LogP contribution in [0.5, 0.6) is 0 Å². The molecule has 1 saturated heterocycles. The van der Waals surface area contributed by atoms with Crippen molar-refractivity contribution >= 4 is 62.9 Å². The van der Waals surface area contributed by atoms with Gasteiger partial charge in [0.2, 0.25) is 0 Å². The third kappa shape index (κ3) is 3.86. The van der Waals surface area contributed by atoms with Crippen molar-refractivity contribution < 1.29 is 19.3 Å². The maximum absolute atomic E-state index is 11.8. The molecule has 0 radical (unpaired) electrons. The second-order valence-electron chi connectivity index (χ2n) is 5.83. The number of carbonyl (C=O) groups is 3. The zero-order chi connectivity index (χ0) is 20.5. The monoisotopic (exact) mass is 426 g/mol. The minimum Gasteiger partial charge on any atom is -0.273 e. The van der Waals surface area contributed by atoms with Crippen LogP contribution in [0.1, 0.15) is 5.56 Å². The van der Waals surface area contributed by atoms with E-state index >= 15 is 0 Å². The normalized spacial score (nSPS) is 13.9. The number of nitro benzene ring substituents is 1. The zero-order valence-electron chi connectivity index (χ0n) is 14.4. The molecule has 2 heterocycles. The minimum absolute atomic E-state index is 0.184. The highest BCUT2D eigenvalue weighted by Crippen LogP contribution is 2.39. The molecule has 11 heteroatoms. The number of nitrogens with zero attached hydrogens (tertiary/aromatic N) is 2. The lowest BCUT2D eigenvalue weighted by Crippen LogP contribution is -2.51. The molecule has 0 spiro atoms. The average Bonchev–Trinajstić information content (AvgIpc) is 3.07. The van der Waals surface area contributed by atoms with Gasteiger partial charge in [0, 0.05) is 6.07 Å². The van der Waals surface area contributed by atoms with Gasteiger partial charge in [-0.15, -0.1) is 11.3 Å². The smallest absolute Gasteiger partial charge is 0.273 e. The molecule has 1 fully saturated rings.